The predicted molar refractivity (Wildman–Crippen MR) is 124 cm³/mol. The molecule has 1 N–H and O–H groups in total. The van der Waals surface area contributed by atoms with Crippen molar-refractivity contribution in [2.24, 2.45) is 0 Å². The lowest BCUT2D eigenvalue weighted by Gasteiger charge is -2.35. The molecule has 1 aliphatic heterocycles. The molecule has 5 nitrogen and oxygen atoms in total. The summed E-state index contributed by atoms with van der Waals surface area (Å²) < 4.78 is 18.8. The second-order valence-electron chi connectivity index (χ2n) is 8.18. The number of aryl methyl sites for hydroxylation is 1. The van der Waals surface area contributed by atoms with E-state index in [1.54, 1.807) is 12.1 Å². The lowest BCUT2D eigenvalue weighted by atomic mass is 10.0. The van der Waals surface area contributed by atoms with Crippen LogP contribution in [-0.2, 0) is 22.5 Å². The number of rotatable bonds is 6. The molecule has 1 fully saturated rings. The van der Waals surface area contributed by atoms with Crippen LogP contribution in [-0.4, -0.2) is 36.7 Å². The van der Waals surface area contributed by atoms with Crippen LogP contribution in [0.5, 0.6) is 0 Å². The number of nitrogens with one attached hydrogen (secondary N) is 1. The van der Waals surface area contributed by atoms with E-state index in [9.17, 15) is 9.18 Å². The zero-order chi connectivity index (χ0) is 22.5. The highest BCUT2D eigenvalue weighted by molar-refractivity contribution is 5.78. The highest BCUT2D eigenvalue weighted by atomic mass is 19.1. The Kier molecular flexibility index (Phi) is 6.81. The average molecular weight is 434 g/mol. The monoisotopic (exact) mass is 433 g/mol. The third-order valence-corrected chi connectivity index (χ3v) is 5.74. The summed E-state index contributed by atoms with van der Waals surface area (Å²) in [6.07, 6.45) is 0.185. The summed E-state index contributed by atoms with van der Waals surface area (Å²) in [5.74, 6) is -0.449. The van der Waals surface area contributed by atoms with Crippen molar-refractivity contribution in [3.05, 3.63) is 83.4 Å². The van der Waals surface area contributed by atoms with Gasteiger partial charge in [0.1, 0.15) is 5.82 Å². The maximum atomic E-state index is 13.3. The molecule has 32 heavy (non-hydrogen) atoms. The van der Waals surface area contributed by atoms with Gasteiger partial charge in [-0.2, -0.15) is 0 Å². The minimum absolute atomic E-state index is 0.141. The Morgan fingerprint density at radius 1 is 1.19 bits per heavy atom. The summed E-state index contributed by atoms with van der Waals surface area (Å²) in [7, 11) is 0. The van der Waals surface area contributed by atoms with E-state index in [1.807, 2.05) is 19.1 Å². The van der Waals surface area contributed by atoms with Crippen LogP contribution in [0, 0.1) is 12.7 Å². The van der Waals surface area contributed by atoms with Gasteiger partial charge in [0, 0.05) is 36.1 Å². The van der Waals surface area contributed by atoms with E-state index in [0.29, 0.717) is 18.3 Å². The third kappa shape index (κ3) is 5.32. The van der Waals surface area contributed by atoms with E-state index in [2.05, 4.69) is 46.4 Å². The number of pyridine rings is 1. The van der Waals surface area contributed by atoms with Crippen molar-refractivity contribution in [3.8, 4) is 11.1 Å². The van der Waals surface area contributed by atoms with Gasteiger partial charge in [-0.1, -0.05) is 30.3 Å². The first kappa shape index (κ1) is 22.0. The molecule has 0 unspecified atom stereocenters. The molecule has 6 heteroatoms. The van der Waals surface area contributed by atoms with E-state index in [0.717, 1.165) is 42.1 Å². The summed E-state index contributed by atoms with van der Waals surface area (Å²) >= 11 is 0. The minimum atomic E-state index is -0.308. The fraction of sp³-hybridized carbons (Fsp3) is 0.308. The Hall–Kier alpha value is -3.25. The van der Waals surface area contributed by atoms with Gasteiger partial charge in [0.2, 0.25) is 5.91 Å². The van der Waals surface area contributed by atoms with Crippen LogP contribution in [0.1, 0.15) is 23.9 Å². The van der Waals surface area contributed by atoms with Gasteiger partial charge < -0.3 is 15.0 Å². The largest absolute Gasteiger partial charge is 0.377 e. The molecule has 0 spiro atoms. The summed E-state index contributed by atoms with van der Waals surface area (Å²) in [4.78, 5) is 19.3. The lowest BCUT2D eigenvalue weighted by Crippen LogP contribution is -2.43. The van der Waals surface area contributed by atoms with Crippen LogP contribution in [0.4, 0.5) is 10.1 Å². The van der Waals surface area contributed by atoms with Crippen LogP contribution >= 0.6 is 0 Å². The highest BCUT2D eigenvalue weighted by Gasteiger charge is 2.19. The molecule has 0 bridgehead atoms. The number of aromatic nitrogens is 1. The Morgan fingerprint density at radius 2 is 2.00 bits per heavy atom. The first-order valence-corrected chi connectivity index (χ1v) is 10.9. The number of benzene rings is 2. The first-order valence-electron chi connectivity index (χ1n) is 10.9. The van der Waals surface area contributed by atoms with Gasteiger partial charge >= 0.3 is 0 Å². The SMILES string of the molecule is Cc1nc(CC(=O)NCc2cccc(F)c2)ccc1-c1ccc(N2CCOC[C@@H]2C)cc1. The summed E-state index contributed by atoms with van der Waals surface area (Å²) in [6.45, 7) is 6.84. The molecule has 1 aliphatic rings. The maximum Gasteiger partial charge on any atom is 0.226 e. The van der Waals surface area contributed by atoms with E-state index in [-0.39, 0.29) is 18.1 Å². The van der Waals surface area contributed by atoms with E-state index < -0.39 is 0 Å². The maximum absolute atomic E-state index is 13.3. The van der Waals surface area contributed by atoms with Gasteiger partial charge in [0.25, 0.3) is 0 Å². The number of carbonyl (C=O) groups is 1. The van der Waals surface area contributed by atoms with Crippen LogP contribution in [0.3, 0.4) is 0 Å². The van der Waals surface area contributed by atoms with Crippen molar-refractivity contribution in [2.45, 2.75) is 32.9 Å². The Bertz CT molecular complexity index is 1080. The smallest absolute Gasteiger partial charge is 0.226 e. The molecule has 0 saturated carbocycles. The van der Waals surface area contributed by atoms with Crippen molar-refractivity contribution < 1.29 is 13.9 Å². The number of halogens is 1. The van der Waals surface area contributed by atoms with Gasteiger partial charge in [0.15, 0.2) is 0 Å². The number of hydrogen-bond donors (Lipinski definition) is 1. The number of ether oxygens (including phenoxy) is 1. The van der Waals surface area contributed by atoms with Crippen molar-refractivity contribution in [1.82, 2.24) is 10.3 Å². The number of hydrogen-bond acceptors (Lipinski definition) is 4. The Balaban J connectivity index is 1.39. The highest BCUT2D eigenvalue weighted by Crippen LogP contribution is 2.27. The summed E-state index contributed by atoms with van der Waals surface area (Å²) in [5.41, 5.74) is 5.67. The molecule has 3 aromatic rings. The molecule has 1 saturated heterocycles. The summed E-state index contributed by atoms with van der Waals surface area (Å²) in [5, 5.41) is 2.82. The molecule has 4 rings (SSSR count). The second kappa shape index (κ2) is 9.92. The van der Waals surface area contributed by atoms with Gasteiger partial charge in [-0.3, -0.25) is 9.78 Å². The lowest BCUT2D eigenvalue weighted by molar-refractivity contribution is -0.120. The van der Waals surface area contributed by atoms with Crippen molar-refractivity contribution in [2.75, 3.05) is 24.7 Å². The van der Waals surface area contributed by atoms with Gasteiger partial charge in [-0.15, -0.1) is 0 Å². The minimum Gasteiger partial charge on any atom is -0.377 e. The van der Waals surface area contributed by atoms with Crippen LogP contribution in [0.15, 0.2) is 60.7 Å². The first-order chi connectivity index (χ1) is 15.5. The quantitative estimate of drug-likeness (QED) is 0.631. The molecule has 166 valence electrons. The van der Waals surface area contributed by atoms with Crippen molar-refractivity contribution in [1.29, 1.82) is 0 Å². The number of carbonyl (C=O) groups excluding carboxylic acids is 1. The summed E-state index contributed by atoms with van der Waals surface area (Å²) in [6, 6.07) is 19.0. The fourth-order valence-corrected chi connectivity index (χ4v) is 4.03. The fourth-order valence-electron chi connectivity index (χ4n) is 4.03. The van der Waals surface area contributed by atoms with Gasteiger partial charge in [-0.25, -0.2) is 4.39 Å². The van der Waals surface area contributed by atoms with Crippen LogP contribution in [0.2, 0.25) is 0 Å². The number of nitrogens with zero attached hydrogens (tertiary/aromatic N) is 2. The van der Waals surface area contributed by atoms with Crippen molar-refractivity contribution in [3.63, 3.8) is 0 Å². The topological polar surface area (TPSA) is 54.5 Å². The zero-order valence-corrected chi connectivity index (χ0v) is 18.5. The Morgan fingerprint density at radius 3 is 2.72 bits per heavy atom. The van der Waals surface area contributed by atoms with E-state index in [1.165, 1.54) is 17.8 Å². The van der Waals surface area contributed by atoms with Crippen LogP contribution in [0.25, 0.3) is 11.1 Å². The van der Waals surface area contributed by atoms with Gasteiger partial charge in [-0.05, 0) is 55.3 Å². The molecular formula is C26H28FN3O2. The van der Waals surface area contributed by atoms with Crippen molar-refractivity contribution >= 4 is 11.6 Å². The number of morpholine rings is 1. The molecule has 2 heterocycles. The van der Waals surface area contributed by atoms with Crippen LogP contribution < -0.4 is 10.2 Å². The normalized spacial score (nSPS) is 16.1. The molecule has 1 aromatic heterocycles. The molecule has 0 radical (unpaired) electrons. The standard InChI is InChI=1S/C26H28FN3O2/c1-18-17-32-13-12-30(18)24-9-6-21(7-10-24)25-11-8-23(29-19(25)2)15-26(31)28-16-20-4-3-5-22(27)14-20/h3-11,14,18H,12-13,15-17H2,1-2H3,(H,28,31)/t18-/m0/s1. The third-order valence-electron chi connectivity index (χ3n) is 5.74. The molecule has 1 amide bonds. The average Bonchev–Trinajstić information content (AvgIpc) is 2.79. The molecule has 1 atom stereocenters. The van der Waals surface area contributed by atoms with Gasteiger partial charge in [0.05, 0.1) is 25.3 Å². The zero-order valence-electron chi connectivity index (χ0n) is 18.5. The van der Waals surface area contributed by atoms with E-state index >= 15 is 0 Å². The molecular weight excluding hydrogens is 405 g/mol. The molecule has 2 aromatic carbocycles. The molecule has 0 aliphatic carbocycles. The Labute approximate surface area is 188 Å². The number of amides is 1. The second-order valence-corrected chi connectivity index (χ2v) is 8.18. The van der Waals surface area contributed by atoms with E-state index in [4.69, 9.17) is 4.74 Å². The number of anilines is 1. The predicted octanol–water partition coefficient (Wildman–Crippen LogP) is 4.28.